The van der Waals surface area contributed by atoms with E-state index in [0.717, 1.165) is 17.9 Å². The van der Waals surface area contributed by atoms with Crippen LogP contribution in [0.15, 0.2) is 30.3 Å². The van der Waals surface area contributed by atoms with Gasteiger partial charge in [-0.3, -0.25) is 24.0 Å². The summed E-state index contributed by atoms with van der Waals surface area (Å²) in [6, 6.07) is 6.23. The number of nitrogens with one attached hydrogen (secondary N) is 3. The lowest BCUT2D eigenvalue weighted by molar-refractivity contribution is -0.143. The molecule has 3 aliphatic rings. The highest BCUT2D eigenvalue weighted by Gasteiger charge is 2.44. The summed E-state index contributed by atoms with van der Waals surface area (Å²) in [6.07, 6.45) is 5.79. The lowest BCUT2D eigenvalue weighted by atomic mass is 9.82. The van der Waals surface area contributed by atoms with Gasteiger partial charge >= 0.3 is 6.03 Å². The summed E-state index contributed by atoms with van der Waals surface area (Å²) in [4.78, 5) is 79.0. The molecule has 12 heteroatoms. The monoisotopic (exact) mass is 640 g/mol. The molecule has 0 radical (unpaired) electrons. The number of piperidine rings is 1. The van der Waals surface area contributed by atoms with Crippen molar-refractivity contribution >= 4 is 35.4 Å². The Morgan fingerprint density at radius 2 is 1.61 bits per heavy atom. The summed E-state index contributed by atoms with van der Waals surface area (Å²) < 4.78 is 0. The normalized spacial score (nSPS) is 22.4. The molecule has 5 N–H and O–H groups in total. The standard InChI is InChI=1S/C30H44N6O6.C4H8/c1-19(23(38)25(31)39)32-26(40)22-13-9-16-36(22)27(41)24(29(3,4)5)33-28(42)34-30(17-21-11-7-6-8-12-21)14-10-15-35(18-30)20(2)37;1-4-2-3-4/h6-8,11-12,19,22,24H,9-10,13-18H2,1-5H3,(H2,31,39)(H,32,40)(H2,33,34,42);4H,2-3H2,1H3. The van der Waals surface area contributed by atoms with Crippen LogP contribution in [-0.2, 0) is 30.4 Å². The van der Waals surface area contributed by atoms with E-state index in [9.17, 15) is 28.8 Å². The molecule has 2 heterocycles. The number of nitrogens with two attached hydrogens (primary N) is 1. The number of carbonyl (C=O) groups excluding carboxylic acids is 6. The maximum atomic E-state index is 13.9. The molecule has 46 heavy (non-hydrogen) atoms. The number of carbonyl (C=O) groups is 6. The van der Waals surface area contributed by atoms with Gasteiger partial charge in [0.15, 0.2) is 0 Å². The quantitative estimate of drug-likeness (QED) is 0.302. The van der Waals surface area contributed by atoms with Gasteiger partial charge in [-0.25, -0.2) is 4.79 Å². The molecule has 4 unspecified atom stereocenters. The number of likely N-dealkylation sites (tertiary alicyclic amines) is 2. The smallest absolute Gasteiger partial charge is 0.315 e. The van der Waals surface area contributed by atoms with Gasteiger partial charge in [-0.15, -0.1) is 0 Å². The van der Waals surface area contributed by atoms with Crippen molar-refractivity contribution in [2.45, 2.75) is 110 Å². The zero-order valence-electron chi connectivity index (χ0n) is 28.2. The summed E-state index contributed by atoms with van der Waals surface area (Å²) in [7, 11) is 0. The molecule has 2 aliphatic heterocycles. The van der Waals surface area contributed by atoms with Crippen molar-refractivity contribution in [1.82, 2.24) is 25.8 Å². The number of hydrogen-bond acceptors (Lipinski definition) is 6. The Balaban J connectivity index is 0.00000133. The molecule has 2 saturated heterocycles. The second-order valence-corrected chi connectivity index (χ2v) is 14.2. The number of hydrogen-bond donors (Lipinski definition) is 4. The molecule has 6 amide bonds. The van der Waals surface area contributed by atoms with E-state index in [1.54, 1.807) is 4.90 Å². The van der Waals surface area contributed by atoms with E-state index in [1.807, 2.05) is 51.1 Å². The van der Waals surface area contributed by atoms with Gasteiger partial charge in [-0.2, -0.15) is 0 Å². The fourth-order valence-corrected chi connectivity index (χ4v) is 5.96. The van der Waals surface area contributed by atoms with Gasteiger partial charge < -0.3 is 31.5 Å². The number of benzene rings is 1. The first-order chi connectivity index (χ1) is 21.5. The second-order valence-electron chi connectivity index (χ2n) is 14.2. The second kappa shape index (κ2) is 15.6. The molecule has 1 aromatic rings. The Morgan fingerprint density at radius 3 is 2.15 bits per heavy atom. The molecule has 1 saturated carbocycles. The van der Waals surface area contributed by atoms with Crippen molar-refractivity contribution in [2.75, 3.05) is 19.6 Å². The average Bonchev–Trinajstić information content (AvgIpc) is 3.60. The van der Waals surface area contributed by atoms with Crippen LogP contribution in [0.5, 0.6) is 0 Å². The molecule has 1 aliphatic carbocycles. The first-order valence-corrected chi connectivity index (χ1v) is 16.4. The fraction of sp³-hybridized carbons (Fsp3) is 0.647. The molecule has 0 spiro atoms. The van der Waals surface area contributed by atoms with E-state index >= 15 is 0 Å². The van der Waals surface area contributed by atoms with Crippen molar-refractivity contribution in [3.63, 3.8) is 0 Å². The Hall–Kier alpha value is -3.96. The van der Waals surface area contributed by atoms with Crippen LogP contribution < -0.4 is 21.7 Å². The summed E-state index contributed by atoms with van der Waals surface area (Å²) >= 11 is 0. The predicted molar refractivity (Wildman–Crippen MR) is 174 cm³/mol. The minimum atomic E-state index is -1.15. The Morgan fingerprint density at radius 1 is 0.978 bits per heavy atom. The molecule has 4 atom stereocenters. The van der Waals surface area contributed by atoms with Crippen molar-refractivity contribution in [3.05, 3.63) is 35.9 Å². The van der Waals surface area contributed by atoms with Crippen molar-refractivity contribution < 1.29 is 28.8 Å². The largest absolute Gasteiger partial charge is 0.363 e. The first kappa shape index (κ1) is 36.5. The molecule has 3 fully saturated rings. The van der Waals surface area contributed by atoms with Gasteiger partial charge in [-0.05, 0) is 55.9 Å². The van der Waals surface area contributed by atoms with E-state index < -0.39 is 58.6 Å². The maximum Gasteiger partial charge on any atom is 0.315 e. The number of rotatable bonds is 9. The van der Waals surface area contributed by atoms with E-state index in [-0.39, 0.29) is 5.91 Å². The molecular weight excluding hydrogens is 588 g/mol. The van der Waals surface area contributed by atoms with E-state index in [0.29, 0.717) is 45.3 Å². The summed E-state index contributed by atoms with van der Waals surface area (Å²) in [6.45, 7) is 11.9. The number of nitrogens with zero attached hydrogens (tertiary/aromatic N) is 2. The molecule has 12 nitrogen and oxygen atoms in total. The highest BCUT2D eigenvalue weighted by atomic mass is 16.2. The Bertz CT molecular complexity index is 1280. The zero-order valence-corrected chi connectivity index (χ0v) is 28.2. The summed E-state index contributed by atoms with van der Waals surface area (Å²) in [5, 5.41) is 8.49. The fourth-order valence-electron chi connectivity index (χ4n) is 5.96. The molecule has 254 valence electrons. The SMILES string of the molecule is CC(=O)N1CCCC(Cc2ccccc2)(NC(=O)NC(C(=O)N2CCCC2C(=O)NC(C)C(=O)C(N)=O)C(C)(C)C)C1.CC1CC1. The van der Waals surface area contributed by atoms with Crippen LogP contribution in [0.4, 0.5) is 4.79 Å². The van der Waals surface area contributed by atoms with Gasteiger partial charge in [0, 0.05) is 26.6 Å². The van der Waals surface area contributed by atoms with Crippen molar-refractivity contribution in [3.8, 4) is 0 Å². The van der Waals surface area contributed by atoms with Gasteiger partial charge in [0.1, 0.15) is 12.1 Å². The van der Waals surface area contributed by atoms with E-state index in [2.05, 4.69) is 22.9 Å². The number of amides is 6. The molecule has 1 aromatic carbocycles. The molecule has 0 aromatic heterocycles. The minimum Gasteiger partial charge on any atom is -0.363 e. The molecule has 4 rings (SSSR count). The lowest BCUT2D eigenvalue weighted by Gasteiger charge is -2.44. The zero-order chi connectivity index (χ0) is 34.2. The van der Waals surface area contributed by atoms with Gasteiger partial charge in [0.25, 0.3) is 5.91 Å². The highest BCUT2D eigenvalue weighted by Crippen LogP contribution is 2.29. The molecular formula is C34H52N6O6. The van der Waals surface area contributed by atoms with Crippen LogP contribution in [0, 0.1) is 11.3 Å². The van der Waals surface area contributed by atoms with Gasteiger partial charge in [-0.1, -0.05) is 70.9 Å². The van der Waals surface area contributed by atoms with Crippen molar-refractivity contribution in [1.29, 1.82) is 0 Å². The third kappa shape index (κ3) is 10.3. The van der Waals surface area contributed by atoms with Gasteiger partial charge in [0.05, 0.1) is 11.6 Å². The van der Waals surface area contributed by atoms with E-state index in [1.165, 1.54) is 31.6 Å². The Kier molecular flexibility index (Phi) is 12.3. The van der Waals surface area contributed by atoms with Crippen LogP contribution in [-0.4, -0.2) is 88.5 Å². The predicted octanol–water partition coefficient (Wildman–Crippen LogP) is 2.29. The van der Waals surface area contributed by atoms with Crippen molar-refractivity contribution in [2.24, 2.45) is 17.1 Å². The number of primary amides is 1. The Labute approximate surface area is 272 Å². The summed E-state index contributed by atoms with van der Waals surface area (Å²) in [5.74, 6) is -2.05. The topological polar surface area (TPSA) is 171 Å². The lowest BCUT2D eigenvalue weighted by Crippen LogP contribution is -2.65. The number of urea groups is 1. The maximum absolute atomic E-state index is 13.9. The highest BCUT2D eigenvalue weighted by molar-refractivity contribution is 6.37. The van der Waals surface area contributed by atoms with Crippen LogP contribution in [0.1, 0.15) is 85.6 Å². The third-order valence-electron chi connectivity index (χ3n) is 8.87. The average molecular weight is 641 g/mol. The van der Waals surface area contributed by atoms with Crippen LogP contribution in [0.3, 0.4) is 0 Å². The van der Waals surface area contributed by atoms with Gasteiger partial charge in [0.2, 0.25) is 23.5 Å². The first-order valence-electron chi connectivity index (χ1n) is 16.4. The van der Waals surface area contributed by atoms with Crippen LogP contribution in [0.2, 0.25) is 0 Å². The van der Waals surface area contributed by atoms with E-state index in [4.69, 9.17) is 5.73 Å². The molecule has 0 bridgehead atoms. The minimum absolute atomic E-state index is 0.0673. The summed E-state index contributed by atoms with van der Waals surface area (Å²) in [5.41, 5.74) is 4.62. The number of ketones is 1. The van der Waals surface area contributed by atoms with Crippen LogP contribution in [0.25, 0.3) is 0 Å². The number of Topliss-reactive ketones (excluding diaryl/α,β-unsaturated/α-hetero) is 1. The third-order valence-corrected chi connectivity index (χ3v) is 8.87. The van der Waals surface area contributed by atoms with Crippen LogP contribution >= 0.6 is 0 Å².